The summed E-state index contributed by atoms with van der Waals surface area (Å²) in [4.78, 5) is 4.31. The third-order valence-electron chi connectivity index (χ3n) is 2.40. The van der Waals surface area contributed by atoms with Crippen LogP contribution in [0.15, 0.2) is 18.3 Å². The van der Waals surface area contributed by atoms with Crippen LogP contribution in [0.2, 0.25) is 10.2 Å². The zero-order valence-corrected chi connectivity index (χ0v) is 9.97. The fourth-order valence-electron chi connectivity index (χ4n) is 1.48. The normalized spacial score (nSPS) is 13.3. The number of halogens is 2. The fourth-order valence-corrected chi connectivity index (χ4v) is 1.88. The van der Waals surface area contributed by atoms with Crippen LogP contribution in [0.1, 0.15) is 18.8 Å². The van der Waals surface area contributed by atoms with Gasteiger partial charge >= 0.3 is 0 Å². The van der Waals surface area contributed by atoms with Gasteiger partial charge in [-0.2, -0.15) is 0 Å². The van der Waals surface area contributed by atoms with E-state index in [2.05, 4.69) is 10.3 Å². The van der Waals surface area contributed by atoms with E-state index in [1.807, 2.05) is 30.6 Å². The van der Waals surface area contributed by atoms with E-state index in [0.29, 0.717) is 10.2 Å². The molecule has 0 saturated heterocycles. The van der Waals surface area contributed by atoms with Gasteiger partial charge in [-0.3, -0.25) is 4.40 Å². The van der Waals surface area contributed by atoms with Crippen molar-refractivity contribution >= 4 is 28.7 Å². The van der Waals surface area contributed by atoms with Gasteiger partial charge in [0.05, 0.1) is 16.6 Å². The Balaban J connectivity index is 2.69. The second-order valence-electron chi connectivity index (χ2n) is 3.37. The van der Waals surface area contributed by atoms with Crippen LogP contribution < -0.4 is 5.32 Å². The molecule has 1 atom stereocenters. The first-order valence-electron chi connectivity index (χ1n) is 4.63. The maximum absolute atomic E-state index is 6.03. The largest absolute Gasteiger partial charge is 0.311 e. The van der Waals surface area contributed by atoms with E-state index in [-0.39, 0.29) is 6.04 Å². The molecule has 5 heteroatoms. The highest BCUT2D eigenvalue weighted by molar-refractivity contribution is 6.33. The van der Waals surface area contributed by atoms with Crippen LogP contribution in [0.25, 0.3) is 5.52 Å². The number of imidazole rings is 1. The standard InChI is InChI=1S/C10H11Cl2N3/c1-6(13-2)10-14-9(12)8-4-3-7(11)5-15(8)10/h3-6,13H,1-2H3. The number of aromatic nitrogens is 2. The van der Waals surface area contributed by atoms with E-state index >= 15 is 0 Å². The predicted octanol–water partition coefficient (Wildman–Crippen LogP) is 2.92. The predicted molar refractivity (Wildman–Crippen MR) is 62.7 cm³/mol. The van der Waals surface area contributed by atoms with Crippen molar-refractivity contribution in [3.8, 4) is 0 Å². The zero-order valence-electron chi connectivity index (χ0n) is 8.46. The summed E-state index contributed by atoms with van der Waals surface area (Å²) in [6.45, 7) is 2.02. The van der Waals surface area contributed by atoms with E-state index in [0.717, 1.165) is 11.3 Å². The van der Waals surface area contributed by atoms with Crippen molar-refractivity contribution in [2.45, 2.75) is 13.0 Å². The van der Waals surface area contributed by atoms with Crippen LogP contribution in [0.4, 0.5) is 0 Å². The Labute approximate surface area is 98.0 Å². The monoisotopic (exact) mass is 243 g/mol. The molecule has 0 amide bonds. The van der Waals surface area contributed by atoms with E-state index in [4.69, 9.17) is 23.2 Å². The second-order valence-corrected chi connectivity index (χ2v) is 4.17. The van der Waals surface area contributed by atoms with Crippen LogP contribution in [0.5, 0.6) is 0 Å². The molecule has 2 rings (SSSR count). The van der Waals surface area contributed by atoms with Gasteiger partial charge in [-0.25, -0.2) is 4.98 Å². The van der Waals surface area contributed by atoms with Crippen LogP contribution >= 0.6 is 23.2 Å². The maximum Gasteiger partial charge on any atom is 0.155 e. The Kier molecular flexibility index (Phi) is 2.87. The van der Waals surface area contributed by atoms with Gasteiger partial charge in [0, 0.05) is 6.20 Å². The Morgan fingerprint density at radius 1 is 1.40 bits per heavy atom. The van der Waals surface area contributed by atoms with Gasteiger partial charge < -0.3 is 5.32 Å². The SMILES string of the molecule is CNC(C)c1nc(Cl)c2ccc(Cl)cn12. The highest BCUT2D eigenvalue weighted by atomic mass is 35.5. The van der Waals surface area contributed by atoms with Gasteiger partial charge in [0.2, 0.25) is 0 Å². The van der Waals surface area contributed by atoms with Gasteiger partial charge in [0.1, 0.15) is 5.82 Å². The zero-order chi connectivity index (χ0) is 11.0. The number of hydrogen-bond donors (Lipinski definition) is 1. The highest BCUT2D eigenvalue weighted by Crippen LogP contribution is 2.23. The lowest BCUT2D eigenvalue weighted by atomic mass is 10.3. The van der Waals surface area contributed by atoms with E-state index in [1.165, 1.54) is 0 Å². The molecule has 1 N–H and O–H groups in total. The summed E-state index contributed by atoms with van der Waals surface area (Å²) in [5.41, 5.74) is 0.873. The van der Waals surface area contributed by atoms with Gasteiger partial charge in [-0.1, -0.05) is 23.2 Å². The van der Waals surface area contributed by atoms with Crippen molar-refractivity contribution in [3.05, 3.63) is 34.3 Å². The number of nitrogens with zero attached hydrogens (tertiary/aromatic N) is 2. The summed E-state index contributed by atoms with van der Waals surface area (Å²) in [7, 11) is 1.88. The first-order valence-corrected chi connectivity index (χ1v) is 5.39. The molecule has 1 unspecified atom stereocenters. The lowest BCUT2D eigenvalue weighted by molar-refractivity contribution is 0.608. The first-order chi connectivity index (χ1) is 7.13. The Hall–Kier alpha value is -0.770. The molecule has 2 aromatic rings. The molecule has 0 aliphatic heterocycles. The van der Waals surface area contributed by atoms with Gasteiger partial charge in [-0.15, -0.1) is 0 Å². The smallest absolute Gasteiger partial charge is 0.155 e. The summed E-state index contributed by atoms with van der Waals surface area (Å²) in [5, 5.41) is 4.29. The van der Waals surface area contributed by atoms with Gasteiger partial charge in [-0.05, 0) is 26.1 Å². The van der Waals surface area contributed by atoms with Crippen molar-refractivity contribution in [1.29, 1.82) is 0 Å². The van der Waals surface area contributed by atoms with Crippen LogP contribution in [-0.4, -0.2) is 16.4 Å². The average molecular weight is 244 g/mol. The van der Waals surface area contributed by atoms with Crippen molar-refractivity contribution < 1.29 is 0 Å². The molecule has 15 heavy (non-hydrogen) atoms. The van der Waals surface area contributed by atoms with Crippen molar-refractivity contribution in [2.24, 2.45) is 0 Å². The Morgan fingerprint density at radius 3 is 2.80 bits per heavy atom. The van der Waals surface area contributed by atoms with E-state index in [1.54, 1.807) is 6.07 Å². The van der Waals surface area contributed by atoms with Crippen LogP contribution in [0.3, 0.4) is 0 Å². The molecule has 0 fully saturated rings. The Bertz CT molecular complexity index is 493. The molecular formula is C10H11Cl2N3. The minimum absolute atomic E-state index is 0.128. The molecule has 2 aromatic heterocycles. The minimum atomic E-state index is 0.128. The summed E-state index contributed by atoms with van der Waals surface area (Å²) in [5.74, 6) is 0.861. The third-order valence-corrected chi connectivity index (χ3v) is 2.91. The highest BCUT2D eigenvalue weighted by Gasteiger charge is 2.13. The van der Waals surface area contributed by atoms with Crippen LogP contribution in [-0.2, 0) is 0 Å². The van der Waals surface area contributed by atoms with E-state index < -0.39 is 0 Å². The van der Waals surface area contributed by atoms with Crippen LogP contribution in [0, 0.1) is 0 Å². The summed E-state index contributed by atoms with van der Waals surface area (Å²) in [6, 6.07) is 3.80. The molecule has 0 spiro atoms. The molecule has 0 bridgehead atoms. The molecule has 0 aliphatic carbocycles. The topological polar surface area (TPSA) is 29.3 Å². The number of nitrogens with one attached hydrogen (secondary N) is 1. The van der Waals surface area contributed by atoms with Crippen molar-refractivity contribution in [2.75, 3.05) is 7.05 Å². The lowest BCUT2D eigenvalue weighted by Crippen LogP contribution is -2.15. The second kappa shape index (κ2) is 4.00. The molecule has 2 heterocycles. The summed E-state index contributed by atoms with van der Waals surface area (Å²) >= 11 is 12.0. The molecule has 0 radical (unpaired) electrons. The molecule has 80 valence electrons. The van der Waals surface area contributed by atoms with Gasteiger partial charge in [0.15, 0.2) is 5.15 Å². The third kappa shape index (κ3) is 1.83. The maximum atomic E-state index is 6.03. The number of pyridine rings is 1. The summed E-state index contributed by atoms with van der Waals surface area (Å²) < 4.78 is 1.91. The molecule has 0 saturated carbocycles. The lowest BCUT2D eigenvalue weighted by Gasteiger charge is -2.08. The molecule has 0 aromatic carbocycles. The fraction of sp³-hybridized carbons (Fsp3) is 0.300. The number of rotatable bonds is 2. The van der Waals surface area contributed by atoms with E-state index in [9.17, 15) is 0 Å². The molecule has 3 nitrogen and oxygen atoms in total. The van der Waals surface area contributed by atoms with Crippen molar-refractivity contribution in [1.82, 2.24) is 14.7 Å². The quantitative estimate of drug-likeness (QED) is 0.880. The molecule has 0 aliphatic rings. The van der Waals surface area contributed by atoms with Crippen molar-refractivity contribution in [3.63, 3.8) is 0 Å². The minimum Gasteiger partial charge on any atom is -0.311 e. The number of hydrogen-bond acceptors (Lipinski definition) is 2. The Morgan fingerprint density at radius 2 is 2.13 bits per heavy atom. The average Bonchev–Trinajstić information content (AvgIpc) is 2.54. The molecular weight excluding hydrogens is 233 g/mol. The number of fused-ring (bicyclic) bond motifs is 1. The first kappa shape index (κ1) is 10.7. The summed E-state index contributed by atoms with van der Waals surface area (Å²) in [6.07, 6.45) is 1.82. The van der Waals surface area contributed by atoms with Gasteiger partial charge in [0.25, 0.3) is 0 Å².